The van der Waals surface area contributed by atoms with E-state index in [2.05, 4.69) is 0 Å². The van der Waals surface area contributed by atoms with Crippen molar-refractivity contribution >= 4 is 18.0 Å². The zero-order valence-electron chi connectivity index (χ0n) is 40.0. The molecule has 23 heteroatoms. The van der Waals surface area contributed by atoms with Gasteiger partial charge in [0, 0.05) is 13.1 Å². The molecule has 0 unspecified atom stereocenters. The second kappa shape index (κ2) is 50.4. The van der Waals surface area contributed by atoms with Crippen LogP contribution >= 0.6 is 0 Å². The van der Waals surface area contributed by atoms with Crippen LogP contribution in [0.2, 0.25) is 0 Å². The molecular formula is C43H83NO22. The van der Waals surface area contributed by atoms with E-state index in [0.717, 1.165) is 0 Å². The number of carbonyl (C=O) groups excluding carboxylic acids is 1. The molecule has 0 aromatic heterocycles. The molecule has 23 nitrogen and oxygen atoms in total. The monoisotopic (exact) mass is 966 g/mol. The zero-order valence-corrected chi connectivity index (χ0v) is 40.0. The third-order valence-electron chi connectivity index (χ3n) is 7.79. The highest BCUT2D eigenvalue weighted by Gasteiger charge is 2.22. The predicted octanol–water partition coefficient (Wildman–Crippen LogP) is 1.44. The quantitative estimate of drug-likeness (QED) is 0.0818. The van der Waals surface area contributed by atoms with E-state index in [1.54, 1.807) is 4.90 Å². The summed E-state index contributed by atoms with van der Waals surface area (Å²) in [4.78, 5) is 35.1. The first-order chi connectivity index (χ1) is 32.1. The van der Waals surface area contributed by atoms with Crippen molar-refractivity contribution in [1.82, 2.24) is 4.90 Å². The van der Waals surface area contributed by atoms with E-state index in [0.29, 0.717) is 211 Å². The summed E-state index contributed by atoms with van der Waals surface area (Å²) < 4.78 is 92.7. The van der Waals surface area contributed by atoms with Crippen molar-refractivity contribution in [2.45, 2.75) is 39.2 Å². The number of ether oxygens (including phenoxy) is 17. The fourth-order valence-electron chi connectivity index (χ4n) is 4.57. The number of nitrogens with zero attached hydrogens (tertiary/aromatic N) is 1. The summed E-state index contributed by atoms with van der Waals surface area (Å²) in [5, 5.41) is 17.0. The number of rotatable bonds is 54. The molecule has 2 N–H and O–H groups in total. The van der Waals surface area contributed by atoms with Crippen molar-refractivity contribution < 1.29 is 105 Å². The van der Waals surface area contributed by atoms with Gasteiger partial charge in [0.15, 0.2) is 0 Å². The van der Waals surface area contributed by atoms with E-state index < -0.39 is 23.6 Å². The van der Waals surface area contributed by atoms with Gasteiger partial charge in [-0.2, -0.15) is 0 Å². The van der Waals surface area contributed by atoms with Gasteiger partial charge in [-0.05, 0) is 20.8 Å². The van der Waals surface area contributed by atoms with Crippen molar-refractivity contribution in [3.8, 4) is 0 Å². The minimum Gasteiger partial charge on any atom is -0.481 e. The normalized spacial score (nSPS) is 11.7. The minimum absolute atomic E-state index is 0.0173. The highest BCUT2D eigenvalue weighted by molar-refractivity contribution is 5.68. The molecule has 0 saturated carbocycles. The molecule has 0 saturated heterocycles. The van der Waals surface area contributed by atoms with E-state index in [1.165, 1.54) is 0 Å². The van der Waals surface area contributed by atoms with Gasteiger partial charge in [0.05, 0.1) is 224 Å². The molecule has 0 aromatic carbocycles. The van der Waals surface area contributed by atoms with Gasteiger partial charge < -0.3 is 95.6 Å². The molecule has 0 bridgehead atoms. The minimum atomic E-state index is -0.886. The Morgan fingerprint density at radius 1 is 0.303 bits per heavy atom. The second-order valence-corrected chi connectivity index (χ2v) is 14.6. The predicted molar refractivity (Wildman–Crippen MR) is 235 cm³/mol. The van der Waals surface area contributed by atoms with Crippen molar-refractivity contribution in [2.75, 3.05) is 225 Å². The van der Waals surface area contributed by atoms with Gasteiger partial charge in [-0.25, -0.2) is 4.79 Å². The Morgan fingerprint density at radius 3 is 0.636 bits per heavy atom. The van der Waals surface area contributed by atoms with Gasteiger partial charge in [0.1, 0.15) is 5.60 Å². The van der Waals surface area contributed by atoms with Gasteiger partial charge in [-0.3, -0.25) is 9.59 Å². The first-order valence-electron chi connectivity index (χ1n) is 22.8. The van der Waals surface area contributed by atoms with Gasteiger partial charge in [0.25, 0.3) is 0 Å². The SMILES string of the molecule is CC(C)(C)OC(=O)N(CCOCCOCCOCCOCCOCCOCCOCCOCCC(=O)O)CCOCCOCCOCCOCCOCCOCCOCCOCCC(=O)O. The number of carbonyl (C=O) groups is 3. The largest absolute Gasteiger partial charge is 0.481 e. The van der Waals surface area contributed by atoms with Crippen LogP contribution in [-0.2, 0) is 90.1 Å². The van der Waals surface area contributed by atoms with Crippen molar-refractivity contribution in [1.29, 1.82) is 0 Å². The van der Waals surface area contributed by atoms with Crippen LogP contribution in [0.1, 0.15) is 33.6 Å². The maximum absolute atomic E-state index is 12.8. The average molecular weight is 966 g/mol. The Balaban J connectivity index is 3.60. The molecule has 0 atom stereocenters. The summed E-state index contributed by atoms with van der Waals surface area (Å²) in [7, 11) is 0. The Bertz CT molecular complexity index is 991. The number of hydrogen-bond donors (Lipinski definition) is 2. The van der Waals surface area contributed by atoms with Gasteiger partial charge in [-0.1, -0.05) is 0 Å². The molecule has 0 radical (unpaired) electrons. The van der Waals surface area contributed by atoms with E-state index in [1.807, 2.05) is 20.8 Å². The van der Waals surface area contributed by atoms with Crippen LogP contribution in [0.4, 0.5) is 4.79 Å². The Hall–Kier alpha value is -2.43. The van der Waals surface area contributed by atoms with Gasteiger partial charge >= 0.3 is 18.0 Å². The van der Waals surface area contributed by atoms with Crippen LogP contribution in [0.5, 0.6) is 0 Å². The standard InChI is InChI=1S/C43H83NO22/c1-43(2,3)66-42(49)44(6-10-52-14-18-56-22-26-60-30-34-64-38-36-62-32-28-58-24-20-54-16-12-50-8-4-40(45)46)7-11-53-15-19-57-23-27-61-31-35-65-39-37-63-33-29-59-25-21-55-17-13-51-9-5-41(47)48/h4-39H2,1-3H3,(H,45,46)(H,47,48). The Kier molecular flexibility index (Phi) is 48.6. The summed E-state index contributed by atoms with van der Waals surface area (Å²) in [6.45, 7) is 18.8. The third-order valence-corrected chi connectivity index (χ3v) is 7.79. The van der Waals surface area contributed by atoms with Crippen LogP contribution in [0, 0.1) is 0 Å². The lowest BCUT2D eigenvalue weighted by Gasteiger charge is -2.27. The number of carboxylic acids is 2. The average Bonchev–Trinajstić information content (AvgIpc) is 3.27. The molecule has 392 valence electrons. The molecule has 66 heavy (non-hydrogen) atoms. The van der Waals surface area contributed by atoms with Gasteiger partial charge in [0.2, 0.25) is 0 Å². The van der Waals surface area contributed by atoms with Crippen molar-refractivity contribution in [2.24, 2.45) is 0 Å². The number of amides is 1. The number of aliphatic carboxylic acids is 2. The molecule has 0 heterocycles. The molecule has 0 fully saturated rings. The van der Waals surface area contributed by atoms with Crippen LogP contribution in [0.15, 0.2) is 0 Å². The molecule has 0 aromatic rings. The lowest BCUT2D eigenvalue weighted by molar-refractivity contribution is -0.139. The molecule has 0 aliphatic rings. The number of carboxylic acid groups (broad SMARTS) is 2. The van der Waals surface area contributed by atoms with Crippen molar-refractivity contribution in [3.05, 3.63) is 0 Å². The van der Waals surface area contributed by atoms with E-state index in [4.69, 9.17) is 90.7 Å². The summed E-state index contributed by atoms with van der Waals surface area (Å²) >= 11 is 0. The second-order valence-electron chi connectivity index (χ2n) is 14.6. The molecule has 0 spiro atoms. The Morgan fingerprint density at radius 2 is 0.470 bits per heavy atom. The van der Waals surface area contributed by atoms with E-state index >= 15 is 0 Å². The molecule has 0 aliphatic carbocycles. The number of hydrogen-bond acceptors (Lipinski definition) is 20. The highest BCUT2D eigenvalue weighted by atomic mass is 16.6. The topological polar surface area (TPSA) is 252 Å². The van der Waals surface area contributed by atoms with Crippen LogP contribution in [0.3, 0.4) is 0 Å². The van der Waals surface area contributed by atoms with Crippen LogP contribution < -0.4 is 0 Å². The zero-order chi connectivity index (χ0) is 48.3. The van der Waals surface area contributed by atoms with Crippen LogP contribution in [0.25, 0.3) is 0 Å². The maximum Gasteiger partial charge on any atom is 0.410 e. The maximum atomic E-state index is 12.8. The fraction of sp³-hybridized carbons (Fsp3) is 0.930. The summed E-state index contributed by atoms with van der Waals surface area (Å²) in [5.41, 5.74) is -0.635. The first-order valence-corrected chi connectivity index (χ1v) is 22.8. The smallest absolute Gasteiger partial charge is 0.410 e. The van der Waals surface area contributed by atoms with Crippen molar-refractivity contribution in [3.63, 3.8) is 0 Å². The molecular weight excluding hydrogens is 882 g/mol. The van der Waals surface area contributed by atoms with Crippen LogP contribution in [-0.4, -0.2) is 263 Å². The molecule has 0 rings (SSSR count). The third kappa shape index (κ3) is 54.2. The molecule has 1 amide bonds. The first kappa shape index (κ1) is 63.6. The summed E-state index contributed by atoms with van der Waals surface area (Å²) in [6.07, 6.45) is -0.474. The summed E-state index contributed by atoms with van der Waals surface area (Å²) in [6, 6.07) is 0. The lowest BCUT2D eigenvalue weighted by Crippen LogP contribution is -2.40. The lowest BCUT2D eigenvalue weighted by atomic mass is 10.2. The van der Waals surface area contributed by atoms with E-state index in [-0.39, 0.29) is 26.1 Å². The van der Waals surface area contributed by atoms with E-state index in [9.17, 15) is 14.4 Å². The Labute approximate surface area is 391 Å². The molecule has 0 aliphatic heterocycles. The highest BCUT2D eigenvalue weighted by Crippen LogP contribution is 2.10. The van der Waals surface area contributed by atoms with Gasteiger partial charge in [-0.15, -0.1) is 0 Å². The summed E-state index contributed by atoms with van der Waals surface area (Å²) in [5.74, 6) is -1.77. The fourth-order valence-corrected chi connectivity index (χ4v) is 4.57.